The molecule has 0 fully saturated rings. The highest BCUT2D eigenvalue weighted by Gasteiger charge is 2.32. The first kappa shape index (κ1) is 14.9. The largest absolute Gasteiger partial charge is 0.446 e. The molecule has 0 radical (unpaired) electrons. The molecule has 0 amide bonds. The molecule has 96 valence electrons. The molecule has 0 saturated heterocycles. The predicted octanol–water partition coefficient (Wildman–Crippen LogP) is 4.04. The van der Waals surface area contributed by atoms with Gasteiger partial charge in [0.2, 0.25) is 0 Å². The Morgan fingerprint density at radius 2 is 2.11 bits per heavy atom. The number of nitriles is 1. The number of Topliss-reactive ketones (excluding diaryl/α,β-unsaturated/α-hetero) is 1. The number of rotatable bonds is 3. The van der Waals surface area contributed by atoms with Gasteiger partial charge in [-0.15, -0.1) is 11.6 Å². The Labute approximate surface area is 111 Å². The van der Waals surface area contributed by atoms with Crippen molar-refractivity contribution >= 4 is 29.1 Å². The summed E-state index contributed by atoms with van der Waals surface area (Å²) in [5, 5.41) is 7.60. The number of ketones is 1. The average Bonchev–Trinajstić information content (AvgIpc) is 2.25. The lowest BCUT2D eigenvalue weighted by Crippen LogP contribution is -2.08. The third-order valence-electron chi connectivity index (χ3n) is 2.02. The van der Waals surface area contributed by atoms with Crippen LogP contribution in [0.1, 0.15) is 23.4 Å². The monoisotopic (exact) mass is 293 g/mol. The van der Waals surface area contributed by atoms with Crippen LogP contribution >= 0.6 is 23.4 Å². The van der Waals surface area contributed by atoms with Crippen LogP contribution in [0.25, 0.3) is 0 Å². The smallest absolute Gasteiger partial charge is 0.298 e. The first-order valence-corrected chi connectivity index (χ1v) is 5.95. The van der Waals surface area contributed by atoms with E-state index in [1.807, 2.05) is 0 Å². The Kier molecular flexibility index (Phi) is 4.65. The minimum atomic E-state index is -4.50. The summed E-state index contributed by atoms with van der Waals surface area (Å²) in [5.74, 6) is -0.511. The Hall–Kier alpha value is -1.19. The Bertz CT molecular complexity index is 510. The van der Waals surface area contributed by atoms with Gasteiger partial charge in [0.15, 0.2) is 5.78 Å². The molecule has 0 aromatic heterocycles. The van der Waals surface area contributed by atoms with Crippen molar-refractivity contribution in [2.24, 2.45) is 0 Å². The summed E-state index contributed by atoms with van der Waals surface area (Å²) >= 11 is 5.39. The first-order chi connectivity index (χ1) is 8.26. The predicted molar refractivity (Wildman–Crippen MR) is 62.3 cm³/mol. The van der Waals surface area contributed by atoms with E-state index < -0.39 is 16.7 Å². The van der Waals surface area contributed by atoms with Crippen molar-refractivity contribution in [3.63, 3.8) is 0 Å². The van der Waals surface area contributed by atoms with Crippen molar-refractivity contribution in [1.82, 2.24) is 0 Å². The zero-order valence-corrected chi connectivity index (χ0v) is 10.7. The van der Waals surface area contributed by atoms with Crippen LogP contribution < -0.4 is 0 Å². The number of nitrogens with zero attached hydrogens (tertiary/aromatic N) is 1. The molecule has 18 heavy (non-hydrogen) atoms. The second-order valence-corrected chi connectivity index (χ2v) is 4.89. The van der Waals surface area contributed by atoms with Crippen LogP contribution in [0, 0.1) is 11.3 Å². The van der Waals surface area contributed by atoms with Gasteiger partial charge in [-0.1, -0.05) is 6.07 Å². The summed E-state index contributed by atoms with van der Waals surface area (Å²) in [6, 6.07) is 5.57. The Balaban J connectivity index is 3.35. The van der Waals surface area contributed by atoms with E-state index in [4.69, 9.17) is 16.9 Å². The minimum absolute atomic E-state index is 0.0283. The highest BCUT2D eigenvalue weighted by molar-refractivity contribution is 8.00. The van der Waals surface area contributed by atoms with Crippen molar-refractivity contribution in [3.05, 3.63) is 29.3 Å². The summed E-state index contributed by atoms with van der Waals surface area (Å²) in [7, 11) is 0. The molecule has 0 N–H and O–H groups in total. The lowest BCUT2D eigenvalue weighted by atomic mass is 10.0. The van der Waals surface area contributed by atoms with Crippen molar-refractivity contribution in [2.75, 3.05) is 0 Å². The van der Waals surface area contributed by atoms with Crippen LogP contribution in [-0.2, 0) is 4.79 Å². The zero-order valence-electron chi connectivity index (χ0n) is 9.08. The van der Waals surface area contributed by atoms with Gasteiger partial charge < -0.3 is 0 Å². The number of halogens is 4. The van der Waals surface area contributed by atoms with Gasteiger partial charge in [0.05, 0.1) is 11.6 Å². The molecule has 7 heteroatoms. The fourth-order valence-corrected chi connectivity index (χ4v) is 2.35. The lowest BCUT2D eigenvalue weighted by Gasteiger charge is -2.15. The van der Waals surface area contributed by atoms with Crippen LogP contribution in [-0.4, -0.2) is 11.3 Å². The van der Waals surface area contributed by atoms with E-state index in [2.05, 4.69) is 0 Å². The molecule has 0 spiro atoms. The highest BCUT2D eigenvalue weighted by atomic mass is 35.5. The maximum absolute atomic E-state index is 12.4. The van der Waals surface area contributed by atoms with Gasteiger partial charge in [0, 0.05) is 10.5 Å². The molecule has 2 nitrogen and oxygen atoms in total. The molecule has 1 aromatic carbocycles. The van der Waals surface area contributed by atoms with Gasteiger partial charge in [-0.2, -0.15) is 18.4 Å². The van der Waals surface area contributed by atoms with E-state index >= 15 is 0 Å². The maximum atomic E-state index is 12.4. The topological polar surface area (TPSA) is 40.9 Å². The van der Waals surface area contributed by atoms with E-state index in [-0.39, 0.29) is 27.8 Å². The third-order valence-corrected chi connectivity index (χ3v) is 3.36. The second-order valence-electron chi connectivity index (χ2n) is 3.35. The van der Waals surface area contributed by atoms with Gasteiger partial charge in [-0.25, -0.2) is 0 Å². The van der Waals surface area contributed by atoms with E-state index in [1.165, 1.54) is 18.2 Å². The molecule has 1 atom stereocenters. The number of thioether (sulfide) groups is 1. The molecule has 0 aliphatic heterocycles. The van der Waals surface area contributed by atoms with Crippen LogP contribution in [0.4, 0.5) is 13.2 Å². The third kappa shape index (κ3) is 3.65. The van der Waals surface area contributed by atoms with Crippen molar-refractivity contribution in [3.8, 4) is 6.07 Å². The lowest BCUT2D eigenvalue weighted by molar-refractivity contribution is -0.116. The fraction of sp³-hybridized carbons (Fsp3) is 0.273. The molecule has 1 rings (SSSR count). The van der Waals surface area contributed by atoms with Gasteiger partial charge in [0.25, 0.3) is 0 Å². The van der Waals surface area contributed by atoms with Gasteiger partial charge in [0.1, 0.15) is 5.38 Å². The Morgan fingerprint density at radius 1 is 1.50 bits per heavy atom. The molecule has 1 aromatic rings. The number of hydrogen-bond acceptors (Lipinski definition) is 3. The fourth-order valence-electron chi connectivity index (χ4n) is 1.32. The zero-order chi connectivity index (χ0) is 13.9. The normalized spacial score (nSPS) is 12.9. The molecule has 0 aliphatic carbocycles. The van der Waals surface area contributed by atoms with Crippen molar-refractivity contribution in [2.45, 2.75) is 22.7 Å². The molecule has 0 heterocycles. The average molecular weight is 294 g/mol. The summed E-state index contributed by atoms with van der Waals surface area (Å²) in [5.41, 5.74) is -4.62. The SMILES string of the molecule is CC(=O)C(Cl)c1c(C#N)cccc1SC(F)(F)F. The van der Waals surface area contributed by atoms with Crippen LogP contribution in [0.3, 0.4) is 0 Å². The quantitative estimate of drug-likeness (QED) is 0.624. The molecule has 0 bridgehead atoms. The summed E-state index contributed by atoms with van der Waals surface area (Å²) in [6.45, 7) is 1.16. The number of alkyl halides is 4. The molecule has 0 saturated carbocycles. The Morgan fingerprint density at radius 3 is 2.56 bits per heavy atom. The molecular formula is C11H7ClF3NOS. The van der Waals surface area contributed by atoms with Crippen LogP contribution in [0.15, 0.2) is 23.1 Å². The van der Waals surface area contributed by atoms with Crippen LogP contribution in [0.5, 0.6) is 0 Å². The second kappa shape index (κ2) is 5.63. The number of carbonyl (C=O) groups is 1. The summed E-state index contributed by atoms with van der Waals surface area (Å²) in [6.07, 6.45) is 0. The standard InChI is InChI=1S/C11H7ClF3NOS/c1-6(17)10(12)9-7(5-16)3-2-4-8(9)18-11(13,14)15/h2-4,10H,1H3. The van der Waals surface area contributed by atoms with Gasteiger partial charge in [-0.3, -0.25) is 4.79 Å². The van der Waals surface area contributed by atoms with E-state index in [0.29, 0.717) is 0 Å². The molecular weight excluding hydrogens is 287 g/mol. The van der Waals surface area contributed by atoms with Crippen molar-refractivity contribution in [1.29, 1.82) is 5.26 Å². The van der Waals surface area contributed by atoms with E-state index in [1.54, 1.807) is 6.07 Å². The summed E-state index contributed by atoms with van der Waals surface area (Å²) < 4.78 is 37.1. The van der Waals surface area contributed by atoms with Crippen molar-refractivity contribution < 1.29 is 18.0 Å². The number of carbonyl (C=O) groups excluding carboxylic acids is 1. The minimum Gasteiger partial charge on any atom is -0.298 e. The number of benzene rings is 1. The van der Waals surface area contributed by atoms with Crippen LogP contribution in [0.2, 0.25) is 0 Å². The summed E-state index contributed by atoms with van der Waals surface area (Å²) in [4.78, 5) is 11.0. The van der Waals surface area contributed by atoms with Gasteiger partial charge in [-0.05, 0) is 30.8 Å². The first-order valence-electron chi connectivity index (χ1n) is 4.69. The van der Waals surface area contributed by atoms with E-state index in [9.17, 15) is 18.0 Å². The number of hydrogen-bond donors (Lipinski definition) is 0. The highest BCUT2D eigenvalue weighted by Crippen LogP contribution is 2.42. The maximum Gasteiger partial charge on any atom is 0.446 e. The van der Waals surface area contributed by atoms with E-state index in [0.717, 1.165) is 6.92 Å². The van der Waals surface area contributed by atoms with Gasteiger partial charge >= 0.3 is 5.51 Å². The molecule has 1 unspecified atom stereocenters. The molecule has 0 aliphatic rings.